The molecule has 102 valence electrons. The maximum atomic E-state index is 6.03. The van der Waals surface area contributed by atoms with Crippen LogP contribution in [0.4, 0.5) is 0 Å². The number of nitrogens with zero attached hydrogens (tertiary/aromatic N) is 2. The van der Waals surface area contributed by atoms with E-state index in [2.05, 4.69) is 47.7 Å². The highest BCUT2D eigenvalue weighted by atomic mass is 15.1. The lowest BCUT2D eigenvalue weighted by Crippen LogP contribution is -2.21. The van der Waals surface area contributed by atoms with Crippen LogP contribution in [0, 0.1) is 0 Å². The first-order chi connectivity index (χ1) is 9.24. The summed E-state index contributed by atoms with van der Waals surface area (Å²) >= 11 is 0. The molecule has 1 heterocycles. The third-order valence-corrected chi connectivity index (χ3v) is 3.40. The highest BCUT2D eigenvalue weighted by molar-refractivity contribution is 5.37. The van der Waals surface area contributed by atoms with E-state index in [1.54, 1.807) is 0 Å². The second kappa shape index (κ2) is 6.53. The molecule has 2 aromatic rings. The number of nitrogens with two attached hydrogens (primary N) is 1. The largest absolute Gasteiger partial charge is 0.327 e. The Balaban J connectivity index is 2.24. The summed E-state index contributed by atoms with van der Waals surface area (Å²) in [6.45, 7) is 4.31. The minimum atomic E-state index is 0.244. The summed E-state index contributed by atoms with van der Waals surface area (Å²) in [4.78, 5) is 4.43. The molecule has 0 fully saturated rings. The van der Waals surface area contributed by atoms with Crippen LogP contribution in [0.3, 0.4) is 0 Å². The smallest absolute Gasteiger partial charge is 0.113 e. The van der Waals surface area contributed by atoms with Crippen LogP contribution in [0.5, 0.6) is 0 Å². The Morgan fingerprint density at radius 2 is 2.16 bits per heavy atom. The van der Waals surface area contributed by atoms with Gasteiger partial charge in [0.2, 0.25) is 0 Å². The van der Waals surface area contributed by atoms with Crippen LogP contribution in [0.2, 0.25) is 0 Å². The van der Waals surface area contributed by atoms with Crippen molar-refractivity contribution in [2.24, 2.45) is 5.73 Å². The van der Waals surface area contributed by atoms with Crippen molar-refractivity contribution >= 4 is 0 Å². The first kappa shape index (κ1) is 13.8. The second-order valence-corrected chi connectivity index (χ2v) is 5.01. The van der Waals surface area contributed by atoms with E-state index in [9.17, 15) is 0 Å². The van der Waals surface area contributed by atoms with Gasteiger partial charge in [-0.05, 0) is 37.0 Å². The highest BCUT2D eigenvalue weighted by Crippen LogP contribution is 2.15. The third kappa shape index (κ3) is 3.44. The molecule has 0 aliphatic rings. The van der Waals surface area contributed by atoms with Crippen LogP contribution in [0.1, 0.15) is 38.1 Å². The maximum Gasteiger partial charge on any atom is 0.113 e. The normalized spacial score (nSPS) is 12.6. The van der Waals surface area contributed by atoms with Crippen molar-refractivity contribution in [2.75, 3.05) is 0 Å². The van der Waals surface area contributed by atoms with E-state index < -0.39 is 0 Å². The van der Waals surface area contributed by atoms with Crippen molar-refractivity contribution < 1.29 is 0 Å². The fourth-order valence-corrected chi connectivity index (χ4v) is 2.26. The van der Waals surface area contributed by atoms with Gasteiger partial charge in [0, 0.05) is 30.5 Å². The number of benzene rings is 1. The molecular formula is C16H23N3. The molecule has 0 aliphatic heterocycles. The first-order valence-corrected chi connectivity index (χ1v) is 7.11. The molecule has 0 bridgehead atoms. The zero-order chi connectivity index (χ0) is 13.7. The molecule has 1 aromatic heterocycles. The summed E-state index contributed by atoms with van der Waals surface area (Å²) in [5, 5.41) is 0. The second-order valence-electron chi connectivity index (χ2n) is 5.01. The number of imidazole rings is 1. The number of aromatic nitrogens is 2. The zero-order valence-electron chi connectivity index (χ0n) is 11.8. The number of hydrogen-bond acceptors (Lipinski definition) is 2. The molecule has 1 atom stereocenters. The predicted octanol–water partition coefficient (Wildman–Crippen LogP) is 3.10. The lowest BCUT2D eigenvalue weighted by molar-refractivity contribution is 0.646. The van der Waals surface area contributed by atoms with Crippen molar-refractivity contribution in [3.8, 4) is 5.69 Å². The van der Waals surface area contributed by atoms with Crippen molar-refractivity contribution in [2.45, 2.75) is 45.6 Å². The summed E-state index contributed by atoms with van der Waals surface area (Å²) in [7, 11) is 0. The molecule has 0 radical (unpaired) electrons. The molecule has 2 N–H and O–H groups in total. The van der Waals surface area contributed by atoms with Crippen molar-refractivity contribution in [3.05, 3.63) is 48.0 Å². The van der Waals surface area contributed by atoms with E-state index in [-0.39, 0.29) is 6.04 Å². The minimum Gasteiger partial charge on any atom is -0.327 e. The van der Waals surface area contributed by atoms with Gasteiger partial charge in [-0.1, -0.05) is 26.0 Å². The standard InChI is InChI=1S/C16H23N3/c1-3-6-16-18-9-10-19(16)15-8-5-7-13(12-15)11-14(17)4-2/h5,7-10,12,14H,3-4,6,11,17H2,1-2H3. The Kier molecular flexibility index (Phi) is 4.74. The fraction of sp³-hybridized carbons (Fsp3) is 0.438. The van der Waals surface area contributed by atoms with Gasteiger partial charge in [0.25, 0.3) is 0 Å². The van der Waals surface area contributed by atoms with Gasteiger partial charge >= 0.3 is 0 Å². The van der Waals surface area contributed by atoms with Crippen molar-refractivity contribution in [1.82, 2.24) is 9.55 Å². The molecular weight excluding hydrogens is 234 g/mol. The Labute approximate surface area is 115 Å². The number of hydrogen-bond donors (Lipinski definition) is 1. The Morgan fingerprint density at radius 1 is 1.32 bits per heavy atom. The molecule has 19 heavy (non-hydrogen) atoms. The third-order valence-electron chi connectivity index (χ3n) is 3.40. The predicted molar refractivity (Wildman–Crippen MR) is 79.5 cm³/mol. The van der Waals surface area contributed by atoms with Gasteiger partial charge in [-0.15, -0.1) is 0 Å². The van der Waals surface area contributed by atoms with E-state index in [0.717, 1.165) is 31.5 Å². The van der Waals surface area contributed by atoms with E-state index in [1.807, 2.05) is 12.4 Å². The van der Waals surface area contributed by atoms with Crippen LogP contribution < -0.4 is 5.73 Å². The van der Waals surface area contributed by atoms with E-state index >= 15 is 0 Å². The molecule has 0 aliphatic carbocycles. The number of aryl methyl sites for hydroxylation is 1. The summed E-state index contributed by atoms with van der Waals surface area (Å²) in [6.07, 6.45) is 7.96. The summed E-state index contributed by atoms with van der Waals surface area (Å²) in [5.74, 6) is 1.12. The molecule has 0 amide bonds. The lowest BCUT2D eigenvalue weighted by Gasteiger charge is -2.12. The minimum absolute atomic E-state index is 0.244. The summed E-state index contributed by atoms with van der Waals surface area (Å²) in [5.41, 5.74) is 8.51. The molecule has 1 unspecified atom stereocenters. The Morgan fingerprint density at radius 3 is 2.89 bits per heavy atom. The molecule has 0 saturated carbocycles. The van der Waals surface area contributed by atoms with Gasteiger partial charge in [0.05, 0.1) is 0 Å². The molecule has 3 nitrogen and oxygen atoms in total. The van der Waals surface area contributed by atoms with Gasteiger partial charge in [-0.3, -0.25) is 0 Å². The van der Waals surface area contributed by atoms with Gasteiger partial charge in [-0.2, -0.15) is 0 Å². The fourth-order valence-electron chi connectivity index (χ4n) is 2.26. The molecule has 1 aromatic carbocycles. The zero-order valence-corrected chi connectivity index (χ0v) is 11.8. The quantitative estimate of drug-likeness (QED) is 0.864. The van der Waals surface area contributed by atoms with Crippen molar-refractivity contribution in [1.29, 1.82) is 0 Å². The van der Waals surface area contributed by atoms with E-state index in [4.69, 9.17) is 5.73 Å². The van der Waals surface area contributed by atoms with Gasteiger partial charge < -0.3 is 10.3 Å². The van der Waals surface area contributed by atoms with E-state index in [1.165, 1.54) is 11.3 Å². The molecule has 0 saturated heterocycles. The van der Waals surface area contributed by atoms with Gasteiger partial charge in [0.15, 0.2) is 0 Å². The average molecular weight is 257 g/mol. The summed E-state index contributed by atoms with van der Waals surface area (Å²) in [6, 6.07) is 8.84. The monoisotopic (exact) mass is 257 g/mol. The SMILES string of the molecule is CCCc1nccn1-c1cccc(CC(N)CC)c1. The van der Waals surface area contributed by atoms with E-state index in [0.29, 0.717) is 0 Å². The summed E-state index contributed by atoms with van der Waals surface area (Å²) < 4.78 is 2.17. The van der Waals surface area contributed by atoms with Crippen molar-refractivity contribution in [3.63, 3.8) is 0 Å². The van der Waals surface area contributed by atoms with Gasteiger partial charge in [0.1, 0.15) is 5.82 Å². The Bertz CT molecular complexity index is 516. The molecule has 0 spiro atoms. The van der Waals surface area contributed by atoms with Crippen LogP contribution in [-0.4, -0.2) is 15.6 Å². The molecule has 3 heteroatoms. The topological polar surface area (TPSA) is 43.8 Å². The van der Waals surface area contributed by atoms with Crippen LogP contribution in [0.15, 0.2) is 36.7 Å². The first-order valence-electron chi connectivity index (χ1n) is 7.11. The van der Waals surface area contributed by atoms with Crippen LogP contribution >= 0.6 is 0 Å². The Hall–Kier alpha value is -1.61. The lowest BCUT2D eigenvalue weighted by atomic mass is 10.0. The molecule has 2 rings (SSSR count). The average Bonchev–Trinajstić information content (AvgIpc) is 2.87. The van der Waals surface area contributed by atoms with Gasteiger partial charge in [-0.25, -0.2) is 4.98 Å². The van der Waals surface area contributed by atoms with Crippen LogP contribution in [-0.2, 0) is 12.8 Å². The highest BCUT2D eigenvalue weighted by Gasteiger charge is 2.06. The maximum absolute atomic E-state index is 6.03. The van der Waals surface area contributed by atoms with Crippen LogP contribution in [0.25, 0.3) is 5.69 Å². The number of rotatable bonds is 6.